The van der Waals surface area contributed by atoms with Gasteiger partial charge >= 0.3 is 6.09 Å². The zero-order chi connectivity index (χ0) is 17.9. The maximum absolute atomic E-state index is 14.1. The number of methoxy groups -OCH3 is 1. The second-order valence-electron chi connectivity index (χ2n) is 5.88. The molecule has 2 rings (SSSR count). The zero-order valence-electron chi connectivity index (χ0n) is 13.8. The number of hydrogen-bond donors (Lipinski definition) is 0. The van der Waals surface area contributed by atoms with Crippen molar-refractivity contribution in [3.05, 3.63) is 23.8 Å². The summed E-state index contributed by atoms with van der Waals surface area (Å²) in [6.07, 6.45) is -0.585. The Kier molecular flexibility index (Phi) is 5.58. The minimum absolute atomic E-state index is 0.0539. The number of carbonyl (C=O) groups is 2. The first-order chi connectivity index (χ1) is 11.3. The first-order valence-electron chi connectivity index (χ1n) is 7.58. The van der Waals surface area contributed by atoms with E-state index in [0.29, 0.717) is 0 Å². The lowest BCUT2D eigenvalue weighted by Crippen LogP contribution is -2.52. The highest BCUT2D eigenvalue weighted by atomic mass is 19.1. The standard InChI is InChI=1S/C16H20F2N2O4/c1-10(2)9-24-16(22)19-4-5-20(15(21)8-19)13-6-12(18)14(23-3)7-11(13)17/h6-7,10H,4-5,8-9H2,1-3H3. The van der Waals surface area contributed by atoms with E-state index in [1.807, 2.05) is 13.8 Å². The van der Waals surface area contributed by atoms with E-state index < -0.39 is 23.6 Å². The summed E-state index contributed by atoms with van der Waals surface area (Å²) in [6.45, 7) is 4.04. The van der Waals surface area contributed by atoms with Crippen molar-refractivity contribution in [2.75, 3.05) is 38.3 Å². The van der Waals surface area contributed by atoms with E-state index in [9.17, 15) is 18.4 Å². The summed E-state index contributed by atoms with van der Waals surface area (Å²) in [5.41, 5.74) is -0.173. The third-order valence-corrected chi connectivity index (χ3v) is 3.53. The molecule has 1 aliphatic rings. The van der Waals surface area contributed by atoms with Gasteiger partial charge in [-0.1, -0.05) is 13.8 Å². The molecule has 1 heterocycles. The number of nitrogens with zero attached hydrogens (tertiary/aromatic N) is 2. The van der Waals surface area contributed by atoms with Crippen LogP contribution >= 0.6 is 0 Å². The molecule has 0 radical (unpaired) electrons. The van der Waals surface area contributed by atoms with Crippen molar-refractivity contribution in [3.8, 4) is 5.75 Å². The third-order valence-electron chi connectivity index (χ3n) is 3.53. The van der Waals surface area contributed by atoms with Gasteiger partial charge in [0.2, 0.25) is 5.91 Å². The van der Waals surface area contributed by atoms with Crippen LogP contribution in [0.25, 0.3) is 0 Å². The fourth-order valence-corrected chi connectivity index (χ4v) is 2.29. The normalized spacial score (nSPS) is 15.0. The fourth-order valence-electron chi connectivity index (χ4n) is 2.29. The fraction of sp³-hybridized carbons (Fsp3) is 0.500. The molecule has 2 amide bonds. The highest BCUT2D eigenvalue weighted by Crippen LogP contribution is 2.28. The number of hydrogen-bond acceptors (Lipinski definition) is 4. The lowest BCUT2D eigenvalue weighted by atomic mass is 10.2. The molecule has 0 aliphatic carbocycles. The number of benzene rings is 1. The Morgan fingerprint density at radius 1 is 1.25 bits per heavy atom. The Morgan fingerprint density at radius 3 is 2.54 bits per heavy atom. The van der Waals surface area contributed by atoms with Gasteiger partial charge in [0.05, 0.1) is 19.4 Å². The van der Waals surface area contributed by atoms with Crippen molar-refractivity contribution >= 4 is 17.7 Å². The molecular formula is C16H20F2N2O4. The Balaban J connectivity index is 2.08. The van der Waals surface area contributed by atoms with Crippen LogP contribution in [0.5, 0.6) is 5.75 Å². The molecule has 24 heavy (non-hydrogen) atoms. The van der Waals surface area contributed by atoms with Gasteiger partial charge in [-0.25, -0.2) is 13.6 Å². The predicted molar refractivity (Wildman–Crippen MR) is 83.0 cm³/mol. The first kappa shape index (κ1) is 18.0. The van der Waals surface area contributed by atoms with Gasteiger partial charge in [-0.05, 0) is 5.92 Å². The summed E-state index contributed by atoms with van der Waals surface area (Å²) in [4.78, 5) is 26.5. The van der Waals surface area contributed by atoms with Crippen molar-refractivity contribution in [2.45, 2.75) is 13.8 Å². The largest absolute Gasteiger partial charge is 0.494 e. The summed E-state index contributed by atoms with van der Waals surface area (Å²) in [5.74, 6) is -2.09. The first-order valence-corrected chi connectivity index (χ1v) is 7.58. The summed E-state index contributed by atoms with van der Waals surface area (Å²) < 4.78 is 37.6. The molecule has 1 aromatic carbocycles. The Morgan fingerprint density at radius 2 is 1.96 bits per heavy atom. The average Bonchev–Trinajstić information content (AvgIpc) is 2.54. The number of ether oxygens (including phenoxy) is 2. The molecule has 8 heteroatoms. The summed E-state index contributed by atoms with van der Waals surface area (Å²) in [7, 11) is 1.23. The minimum atomic E-state index is -0.766. The monoisotopic (exact) mass is 342 g/mol. The molecule has 6 nitrogen and oxygen atoms in total. The van der Waals surface area contributed by atoms with Gasteiger partial charge < -0.3 is 14.4 Å². The van der Waals surface area contributed by atoms with E-state index in [2.05, 4.69) is 0 Å². The van der Waals surface area contributed by atoms with Crippen LogP contribution < -0.4 is 9.64 Å². The number of carbonyl (C=O) groups excluding carboxylic acids is 2. The lowest BCUT2D eigenvalue weighted by molar-refractivity contribution is -0.121. The van der Waals surface area contributed by atoms with E-state index in [1.165, 1.54) is 12.0 Å². The molecule has 0 atom stereocenters. The molecule has 1 saturated heterocycles. The van der Waals surface area contributed by atoms with Gasteiger partial charge in [0.25, 0.3) is 0 Å². The number of halogens is 2. The van der Waals surface area contributed by atoms with Crippen LogP contribution in [0.1, 0.15) is 13.8 Å². The second kappa shape index (κ2) is 7.46. The quantitative estimate of drug-likeness (QED) is 0.843. The molecule has 132 valence electrons. The molecular weight excluding hydrogens is 322 g/mol. The topological polar surface area (TPSA) is 59.1 Å². The van der Waals surface area contributed by atoms with Crippen molar-refractivity contribution in [1.82, 2.24) is 4.90 Å². The van der Waals surface area contributed by atoms with Crippen LogP contribution in [-0.4, -0.2) is 50.3 Å². The van der Waals surface area contributed by atoms with Crippen LogP contribution in [0.2, 0.25) is 0 Å². The van der Waals surface area contributed by atoms with Crippen LogP contribution in [0.4, 0.5) is 19.3 Å². The molecule has 0 aromatic heterocycles. The summed E-state index contributed by atoms with van der Waals surface area (Å²) in [5, 5.41) is 0. The Bertz CT molecular complexity index is 637. The van der Waals surface area contributed by atoms with Crippen LogP contribution in [0, 0.1) is 17.6 Å². The predicted octanol–water partition coefficient (Wildman–Crippen LogP) is 2.41. The number of amides is 2. The van der Waals surface area contributed by atoms with E-state index >= 15 is 0 Å². The van der Waals surface area contributed by atoms with Crippen molar-refractivity contribution in [2.24, 2.45) is 5.92 Å². The van der Waals surface area contributed by atoms with E-state index in [-0.39, 0.29) is 43.6 Å². The second-order valence-corrected chi connectivity index (χ2v) is 5.88. The van der Waals surface area contributed by atoms with Crippen molar-refractivity contribution in [3.63, 3.8) is 0 Å². The van der Waals surface area contributed by atoms with Crippen LogP contribution in [0.15, 0.2) is 12.1 Å². The lowest BCUT2D eigenvalue weighted by Gasteiger charge is -2.34. The van der Waals surface area contributed by atoms with Crippen LogP contribution in [-0.2, 0) is 9.53 Å². The molecule has 1 fully saturated rings. The maximum atomic E-state index is 14.1. The molecule has 0 N–H and O–H groups in total. The third kappa shape index (κ3) is 3.93. The van der Waals surface area contributed by atoms with Gasteiger partial charge in [-0.2, -0.15) is 0 Å². The molecule has 1 aromatic rings. The van der Waals surface area contributed by atoms with Crippen LogP contribution in [0.3, 0.4) is 0 Å². The zero-order valence-corrected chi connectivity index (χ0v) is 13.8. The van der Waals surface area contributed by atoms with Gasteiger partial charge in [-0.3, -0.25) is 9.69 Å². The van der Waals surface area contributed by atoms with Crippen molar-refractivity contribution < 1.29 is 27.8 Å². The molecule has 0 bridgehead atoms. The van der Waals surface area contributed by atoms with E-state index in [4.69, 9.17) is 9.47 Å². The van der Waals surface area contributed by atoms with Gasteiger partial charge in [-0.15, -0.1) is 0 Å². The molecule has 1 aliphatic heterocycles. The number of piperazine rings is 1. The Labute approximate surface area is 138 Å². The van der Waals surface area contributed by atoms with Gasteiger partial charge in [0, 0.05) is 25.2 Å². The smallest absolute Gasteiger partial charge is 0.410 e. The summed E-state index contributed by atoms with van der Waals surface area (Å²) in [6, 6.07) is 1.81. The minimum Gasteiger partial charge on any atom is -0.494 e. The Hall–Kier alpha value is -2.38. The molecule has 0 unspecified atom stereocenters. The number of rotatable bonds is 4. The highest BCUT2D eigenvalue weighted by Gasteiger charge is 2.31. The SMILES string of the molecule is COc1cc(F)c(N2CCN(C(=O)OCC(C)C)CC2=O)cc1F. The summed E-state index contributed by atoms with van der Waals surface area (Å²) >= 11 is 0. The average molecular weight is 342 g/mol. The van der Waals surface area contributed by atoms with E-state index in [1.54, 1.807) is 0 Å². The molecule has 0 saturated carbocycles. The van der Waals surface area contributed by atoms with Gasteiger partial charge in [0.15, 0.2) is 17.4 Å². The van der Waals surface area contributed by atoms with Gasteiger partial charge in [0.1, 0.15) is 6.54 Å². The number of anilines is 1. The molecule has 0 spiro atoms. The van der Waals surface area contributed by atoms with E-state index in [0.717, 1.165) is 17.0 Å². The highest BCUT2D eigenvalue weighted by molar-refractivity contribution is 5.97. The maximum Gasteiger partial charge on any atom is 0.410 e. The van der Waals surface area contributed by atoms with Crippen molar-refractivity contribution in [1.29, 1.82) is 0 Å².